The summed E-state index contributed by atoms with van der Waals surface area (Å²) in [4.78, 5) is 2.33. The Morgan fingerprint density at radius 1 is 0.700 bits per heavy atom. The number of fused-ring (bicyclic) bond motifs is 10. The van der Waals surface area contributed by atoms with E-state index in [4.69, 9.17) is 4.42 Å². The number of hydrogen-bond donors (Lipinski definition) is 0. The largest absolute Gasteiger partial charge is 0.460 e. The minimum absolute atomic E-state index is 0.0866. The standard InChI is InChI=1S/C44H28N4OSi/c45-25-27-13-19-40-37(23-27)34-8-2-4-10-38(34)47(40)30-21-28(26-46)22-32(24-30)50-31-16-14-29(15-17-31)48-39-11-5-1-7-33(39)35-18-20-42-43(44(35)48)36-9-3-6-12-41(36)49-42/h1-17,19,21-24,34,38H,18,20H2. The first-order chi connectivity index (χ1) is 24.7. The molecule has 3 aliphatic rings. The SMILES string of the molecule is N#Cc1cc([Si]c2ccc(-n3c4c(c5ccccc53)CCc3oc5ccccc5c3-4)cc2)cc(N2c3ccc(C#N)cc3C3C=CC=CC32)c1. The average Bonchev–Trinajstić information content (AvgIpc) is 3.82. The molecule has 2 radical (unpaired) electrons. The molecule has 50 heavy (non-hydrogen) atoms. The van der Waals surface area contributed by atoms with E-state index in [0.29, 0.717) is 20.6 Å². The molecule has 10 rings (SSSR count). The van der Waals surface area contributed by atoms with Crippen molar-refractivity contribution in [3.05, 3.63) is 162 Å². The van der Waals surface area contributed by atoms with Crippen molar-refractivity contribution in [1.82, 2.24) is 4.57 Å². The molecule has 2 atom stereocenters. The van der Waals surface area contributed by atoms with Crippen LogP contribution < -0.4 is 15.3 Å². The molecule has 234 valence electrons. The van der Waals surface area contributed by atoms with Crippen molar-refractivity contribution in [2.24, 2.45) is 0 Å². The third-order valence-corrected chi connectivity index (χ3v) is 11.6. The predicted octanol–water partition coefficient (Wildman–Crippen LogP) is 8.27. The molecule has 5 aromatic carbocycles. The van der Waals surface area contributed by atoms with E-state index in [9.17, 15) is 10.5 Å². The van der Waals surface area contributed by atoms with E-state index in [0.717, 1.165) is 57.4 Å². The molecule has 1 aliphatic heterocycles. The maximum absolute atomic E-state index is 10.1. The van der Waals surface area contributed by atoms with Gasteiger partial charge in [-0.1, -0.05) is 83.2 Å². The van der Waals surface area contributed by atoms with Crippen LogP contribution in [0.2, 0.25) is 0 Å². The number of hydrogen-bond acceptors (Lipinski definition) is 4. The molecule has 3 heterocycles. The number of furan rings is 1. The Morgan fingerprint density at radius 3 is 2.36 bits per heavy atom. The third kappa shape index (κ3) is 4.29. The monoisotopic (exact) mass is 656 g/mol. The van der Waals surface area contributed by atoms with Crippen molar-refractivity contribution in [2.45, 2.75) is 24.8 Å². The summed E-state index contributed by atoms with van der Waals surface area (Å²) in [6.07, 6.45) is 10.4. The zero-order chi connectivity index (χ0) is 33.3. The number of aromatic nitrogens is 1. The summed E-state index contributed by atoms with van der Waals surface area (Å²) in [6.45, 7) is 0. The van der Waals surface area contributed by atoms with Crippen molar-refractivity contribution in [3.63, 3.8) is 0 Å². The van der Waals surface area contributed by atoms with E-state index in [-0.39, 0.29) is 12.0 Å². The maximum atomic E-state index is 10.1. The second kappa shape index (κ2) is 11.1. The van der Waals surface area contributed by atoms with E-state index >= 15 is 0 Å². The van der Waals surface area contributed by atoms with E-state index in [2.05, 4.69) is 119 Å². The van der Waals surface area contributed by atoms with Gasteiger partial charge in [-0.15, -0.1) is 0 Å². The molecule has 0 saturated carbocycles. The summed E-state index contributed by atoms with van der Waals surface area (Å²) in [5.74, 6) is 1.21. The fourth-order valence-corrected chi connectivity index (χ4v) is 9.43. The highest BCUT2D eigenvalue weighted by Gasteiger charge is 2.38. The second-order valence-corrected chi connectivity index (χ2v) is 14.6. The average molecular weight is 657 g/mol. The van der Waals surface area contributed by atoms with Crippen LogP contribution in [0, 0.1) is 22.7 Å². The Hall–Kier alpha value is -6.34. The molecule has 2 unspecified atom stereocenters. The first kappa shape index (κ1) is 28.6. The smallest absolute Gasteiger partial charge is 0.134 e. The Bertz CT molecular complexity index is 2680. The minimum atomic E-state index is 0.0866. The molecule has 2 aliphatic carbocycles. The van der Waals surface area contributed by atoms with Gasteiger partial charge in [0.05, 0.1) is 40.5 Å². The number of benzene rings is 5. The van der Waals surface area contributed by atoms with Crippen molar-refractivity contribution < 1.29 is 4.42 Å². The third-order valence-electron chi connectivity index (χ3n) is 10.4. The molecule has 0 spiro atoms. The summed E-state index contributed by atoms with van der Waals surface area (Å²) in [5.41, 5.74) is 11.6. The molecular formula is C44H28N4OSi. The van der Waals surface area contributed by atoms with Gasteiger partial charge in [-0.25, -0.2) is 0 Å². The summed E-state index contributed by atoms with van der Waals surface area (Å²) >= 11 is 0. The topological polar surface area (TPSA) is 68.9 Å². The second-order valence-electron chi connectivity index (χ2n) is 13.2. The number of nitrogens with zero attached hydrogens (tertiary/aromatic N) is 4. The van der Waals surface area contributed by atoms with Crippen LogP contribution in [-0.4, -0.2) is 20.1 Å². The zero-order valence-corrected chi connectivity index (χ0v) is 28.0. The molecular weight excluding hydrogens is 629 g/mol. The lowest BCUT2D eigenvalue weighted by Crippen LogP contribution is -2.31. The lowest BCUT2D eigenvalue weighted by atomic mass is 9.91. The molecule has 2 aromatic heterocycles. The van der Waals surface area contributed by atoms with E-state index in [1.807, 2.05) is 36.4 Å². The van der Waals surface area contributed by atoms with Crippen molar-refractivity contribution in [1.29, 1.82) is 10.5 Å². The summed E-state index contributed by atoms with van der Waals surface area (Å²) in [7, 11) is 0.375. The number of nitriles is 2. The number of allylic oxidation sites excluding steroid dienone is 2. The highest BCUT2D eigenvalue weighted by molar-refractivity contribution is 6.67. The maximum Gasteiger partial charge on any atom is 0.134 e. The number of para-hydroxylation sites is 2. The van der Waals surface area contributed by atoms with Gasteiger partial charge in [-0.3, -0.25) is 0 Å². The quantitative estimate of drug-likeness (QED) is 0.179. The highest BCUT2D eigenvalue weighted by Crippen LogP contribution is 2.48. The van der Waals surface area contributed by atoms with Crippen LogP contribution >= 0.6 is 0 Å². The summed E-state index contributed by atoms with van der Waals surface area (Å²) in [6, 6.07) is 43.0. The van der Waals surface area contributed by atoms with Crippen molar-refractivity contribution in [3.8, 4) is 29.1 Å². The summed E-state index contributed by atoms with van der Waals surface area (Å²) in [5, 5.41) is 24.5. The molecule has 7 aromatic rings. The van der Waals surface area contributed by atoms with Gasteiger partial charge in [-0.05, 0) is 78.2 Å². The molecule has 0 saturated heterocycles. The Balaban J connectivity index is 1.03. The molecule has 5 nitrogen and oxygen atoms in total. The normalized spacial score (nSPS) is 16.9. The van der Waals surface area contributed by atoms with E-state index in [1.165, 1.54) is 32.9 Å². The first-order valence-electron chi connectivity index (χ1n) is 16.9. The highest BCUT2D eigenvalue weighted by atomic mass is 28.2. The Labute approximate surface area is 292 Å². The van der Waals surface area contributed by atoms with Gasteiger partial charge in [0.15, 0.2) is 0 Å². The Morgan fingerprint density at radius 2 is 1.50 bits per heavy atom. The van der Waals surface area contributed by atoms with Crippen LogP contribution in [0.15, 0.2) is 138 Å². The van der Waals surface area contributed by atoms with E-state index < -0.39 is 0 Å². The number of aryl methyl sites for hydroxylation is 2. The fourth-order valence-electron chi connectivity index (χ4n) is 8.32. The lowest BCUT2D eigenvalue weighted by Gasteiger charge is -2.29. The molecule has 0 bridgehead atoms. The van der Waals surface area contributed by atoms with Crippen molar-refractivity contribution in [2.75, 3.05) is 4.90 Å². The lowest BCUT2D eigenvalue weighted by molar-refractivity contribution is 0.545. The fraction of sp³-hybridized carbons (Fsp3) is 0.0909. The van der Waals surface area contributed by atoms with Gasteiger partial charge in [0.2, 0.25) is 0 Å². The number of anilines is 2. The number of rotatable bonds is 4. The van der Waals surface area contributed by atoms with E-state index in [1.54, 1.807) is 0 Å². The van der Waals surface area contributed by atoms with Gasteiger partial charge in [-0.2, -0.15) is 10.5 Å². The Kier molecular flexibility index (Phi) is 6.36. The molecule has 0 amide bonds. The first-order valence-corrected chi connectivity index (χ1v) is 17.9. The van der Waals surface area contributed by atoms with Crippen LogP contribution in [0.5, 0.6) is 0 Å². The summed E-state index contributed by atoms with van der Waals surface area (Å²) < 4.78 is 8.80. The van der Waals surface area contributed by atoms with Gasteiger partial charge < -0.3 is 13.9 Å². The van der Waals surface area contributed by atoms with Crippen LogP contribution in [0.3, 0.4) is 0 Å². The van der Waals surface area contributed by atoms with Crippen LogP contribution in [0.1, 0.15) is 33.9 Å². The van der Waals surface area contributed by atoms with Crippen molar-refractivity contribution >= 4 is 53.1 Å². The van der Waals surface area contributed by atoms with Gasteiger partial charge in [0, 0.05) is 45.7 Å². The minimum Gasteiger partial charge on any atom is -0.460 e. The van der Waals surface area contributed by atoms with Gasteiger partial charge in [0.25, 0.3) is 0 Å². The van der Waals surface area contributed by atoms with Gasteiger partial charge >= 0.3 is 0 Å². The van der Waals surface area contributed by atoms with Gasteiger partial charge in [0.1, 0.15) is 20.9 Å². The molecule has 0 N–H and O–H groups in total. The van der Waals surface area contributed by atoms with Crippen LogP contribution in [0.4, 0.5) is 11.4 Å². The van der Waals surface area contributed by atoms with Crippen LogP contribution in [-0.2, 0) is 12.8 Å². The predicted molar refractivity (Wildman–Crippen MR) is 200 cm³/mol. The molecule has 0 fully saturated rings. The molecule has 6 heteroatoms. The van der Waals surface area contributed by atoms with Crippen LogP contribution in [0.25, 0.3) is 38.8 Å². The zero-order valence-electron chi connectivity index (χ0n) is 27.0.